The number of unbranched alkanes of at least 4 members (excludes halogenated alkanes) is 6. The summed E-state index contributed by atoms with van der Waals surface area (Å²) in [5.74, 6) is -0.609. The fourth-order valence-electron chi connectivity index (χ4n) is 1.90. The van der Waals surface area contributed by atoms with Gasteiger partial charge in [0.15, 0.2) is 0 Å². The molecule has 4 N–H and O–H groups in total. The zero-order valence-electron chi connectivity index (χ0n) is 15.8. The Kier molecular flexibility index (Phi) is 20.3. The van der Waals surface area contributed by atoms with Crippen LogP contribution in [0.2, 0.25) is 0 Å². The molecule has 0 bridgehead atoms. The Bertz CT molecular complexity index is 547. The predicted molar refractivity (Wildman–Crippen MR) is 97.8 cm³/mol. The molecule has 0 aromatic heterocycles. The van der Waals surface area contributed by atoms with Crippen molar-refractivity contribution < 1.29 is 81.5 Å². The fraction of sp³-hybridized carbons (Fsp3) is 1.00. The zero-order chi connectivity index (χ0) is 22.5. The molecular weight excluding hydrogens is 553 g/mol. The van der Waals surface area contributed by atoms with Crippen molar-refractivity contribution in [3.63, 3.8) is 0 Å². The monoisotopic (exact) mass is 580 g/mol. The SMILES string of the molecule is O=S(=O)(O)CCCCCC[P+]([O-])(O)O.O=S(=O)(O)CCCCCC[P+]([O-])([O-])[O-].[Zr+2]. The van der Waals surface area contributed by atoms with Gasteiger partial charge in [0.25, 0.3) is 20.2 Å². The molecular formula is C12H28O12P2S2Zr. The van der Waals surface area contributed by atoms with Crippen LogP contribution in [0.5, 0.6) is 0 Å². The Balaban J connectivity index is -0.000000451. The maximum atomic E-state index is 10.4. The molecule has 12 nitrogen and oxygen atoms in total. The van der Waals surface area contributed by atoms with Crippen molar-refractivity contribution in [1.29, 1.82) is 0 Å². The van der Waals surface area contributed by atoms with E-state index in [0.717, 1.165) is 0 Å². The van der Waals surface area contributed by atoms with E-state index in [4.69, 9.17) is 18.9 Å². The summed E-state index contributed by atoms with van der Waals surface area (Å²) in [5.41, 5.74) is 0. The van der Waals surface area contributed by atoms with E-state index in [1.165, 1.54) is 0 Å². The van der Waals surface area contributed by atoms with Gasteiger partial charge in [-0.1, -0.05) is 12.8 Å². The third kappa shape index (κ3) is 40.2. The van der Waals surface area contributed by atoms with Crippen LogP contribution in [0.25, 0.3) is 0 Å². The Labute approximate surface area is 192 Å². The quantitative estimate of drug-likeness (QED) is 0.0972. The summed E-state index contributed by atoms with van der Waals surface area (Å²) >= 11 is 0. The van der Waals surface area contributed by atoms with E-state index in [0.29, 0.717) is 38.5 Å². The van der Waals surface area contributed by atoms with Gasteiger partial charge in [-0.2, -0.15) is 24.8 Å². The molecule has 0 aromatic rings. The zero-order valence-corrected chi connectivity index (χ0v) is 21.6. The van der Waals surface area contributed by atoms with E-state index in [-0.39, 0.29) is 56.7 Å². The molecule has 0 radical (unpaired) electrons. The molecule has 0 saturated carbocycles. The molecule has 0 saturated heterocycles. The maximum absolute atomic E-state index is 10.4. The van der Waals surface area contributed by atoms with Gasteiger partial charge >= 0.3 is 26.2 Å². The van der Waals surface area contributed by atoms with Crippen molar-refractivity contribution in [2.45, 2.75) is 51.4 Å². The van der Waals surface area contributed by atoms with Crippen molar-refractivity contribution in [2.75, 3.05) is 23.8 Å². The normalized spacial score (nSPS) is 12.7. The Morgan fingerprint density at radius 3 is 1.17 bits per heavy atom. The molecule has 0 amide bonds. The van der Waals surface area contributed by atoms with Gasteiger partial charge < -0.3 is 19.6 Å². The van der Waals surface area contributed by atoms with Crippen molar-refractivity contribution >= 4 is 36.1 Å². The third-order valence-electron chi connectivity index (χ3n) is 3.19. The number of rotatable bonds is 14. The molecule has 0 atom stereocenters. The van der Waals surface area contributed by atoms with Crippen LogP contribution in [0.1, 0.15) is 51.4 Å². The largest absolute Gasteiger partial charge is 2.00 e. The average Bonchev–Trinajstić information content (AvgIpc) is 2.43. The summed E-state index contributed by atoms with van der Waals surface area (Å²) in [6, 6.07) is 0. The van der Waals surface area contributed by atoms with Crippen molar-refractivity contribution in [2.24, 2.45) is 0 Å². The van der Waals surface area contributed by atoms with Gasteiger partial charge in [-0.3, -0.25) is 9.11 Å². The van der Waals surface area contributed by atoms with Gasteiger partial charge in [-0.15, -0.1) is 0 Å². The van der Waals surface area contributed by atoms with E-state index in [1.807, 2.05) is 0 Å². The van der Waals surface area contributed by atoms with Crippen LogP contribution in [0.4, 0.5) is 0 Å². The summed E-state index contributed by atoms with van der Waals surface area (Å²) in [5, 5.41) is 0. The van der Waals surface area contributed by atoms with Crippen LogP contribution in [0.15, 0.2) is 0 Å². The Morgan fingerprint density at radius 2 is 0.897 bits per heavy atom. The minimum absolute atomic E-state index is 0. The van der Waals surface area contributed by atoms with Crippen LogP contribution < -0.4 is 19.6 Å². The fourth-order valence-corrected chi connectivity index (χ4v) is 4.28. The first-order valence-electron chi connectivity index (χ1n) is 8.37. The first kappa shape index (κ1) is 34.9. The topological polar surface area (TPSA) is 241 Å². The second-order valence-electron chi connectivity index (χ2n) is 6.12. The molecule has 0 aliphatic carbocycles. The minimum atomic E-state index is -4.41. The summed E-state index contributed by atoms with van der Waals surface area (Å²) in [6.07, 6.45) is 2.72. The van der Waals surface area contributed by atoms with Gasteiger partial charge in [-0.25, -0.2) is 9.79 Å². The maximum Gasteiger partial charge on any atom is 2.00 e. The van der Waals surface area contributed by atoms with Crippen LogP contribution in [-0.2, 0) is 46.4 Å². The van der Waals surface area contributed by atoms with Gasteiger partial charge in [0, 0.05) is 6.16 Å². The molecule has 0 fully saturated rings. The van der Waals surface area contributed by atoms with Crippen molar-refractivity contribution in [3.8, 4) is 0 Å². The molecule has 29 heavy (non-hydrogen) atoms. The summed E-state index contributed by atoms with van der Waals surface area (Å²) < 4.78 is 57.7. The molecule has 0 unspecified atom stereocenters. The van der Waals surface area contributed by atoms with Crippen LogP contribution >= 0.6 is 15.9 Å². The van der Waals surface area contributed by atoms with Gasteiger partial charge in [0.1, 0.15) is 6.16 Å². The first-order valence-corrected chi connectivity index (χ1v) is 15.1. The third-order valence-corrected chi connectivity index (χ3v) is 6.56. The van der Waals surface area contributed by atoms with E-state index < -0.39 is 42.3 Å². The summed E-state index contributed by atoms with van der Waals surface area (Å²) in [7, 11) is -16.1. The smallest absolute Gasteiger partial charge is 0.688 e. The van der Waals surface area contributed by atoms with Crippen molar-refractivity contribution in [1.82, 2.24) is 0 Å². The molecule has 0 aromatic carbocycles. The molecule has 0 aliphatic rings. The average molecular weight is 582 g/mol. The number of hydrogen-bond donors (Lipinski definition) is 4. The van der Waals surface area contributed by atoms with Crippen LogP contribution in [0.3, 0.4) is 0 Å². The predicted octanol–water partition coefficient (Wildman–Crippen LogP) is -2.18. The van der Waals surface area contributed by atoms with Crippen molar-refractivity contribution in [3.05, 3.63) is 0 Å². The minimum Gasteiger partial charge on any atom is -0.688 e. The van der Waals surface area contributed by atoms with Gasteiger partial charge in [0.2, 0.25) is 7.94 Å². The van der Waals surface area contributed by atoms with Gasteiger partial charge in [-0.05, 0) is 38.5 Å². The molecule has 0 aliphatic heterocycles. The first-order chi connectivity index (χ1) is 12.4. The van der Waals surface area contributed by atoms with Gasteiger partial charge in [0.05, 0.1) is 11.5 Å². The number of hydrogen-bond acceptors (Lipinski definition) is 10. The Hall–Kier alpha value is 1.32. The van der Waals surface area contributed by atoms with Crippen LogP contribution in [-0.4, -0.2) is 59.6 Å². The molecule has 0 rings (SSSR count). The molecule has 174 valence electrons. The molecule has 0 heterocycles. The standard InChI is InChI=1S/2C6H15O6PS.Zr/c2*7-13(8,9)5-3-1-2-4-6-14(10,11)12;/h2*1-6H2,(H2,7,8,9)(H,10,11,12);/q;;+2/p-2. The van der Waals surface area contributed by atoms with E-state index in [9.17, 15) is 36.4 Å². The Morgan fingerprint density at radius 1 is 0.586 bits per heavy atom. The van der Waals surface area contributed by atoms with Crippen LogP contribution in [0, 0.1) is 0 Å². The summed E-state index contributed by atoms with van der Waals surface area (Å²) in [6.45, 7) is 0. The second-order valence-corrected chi connectivity index (χ2v) is 12.7. The second kappa shape index (κ2) is 16.9. The van der Waals surface area contributed by atoms with E-state index in [1.54, 1.807) is 0 Å². The van der Waals surface area contributed by atoms with E-state index >= 15 is 0 Å². The molecule has 0 spiro atoms. The van der Waals surface area contributed by atoms with E-state index in [2.05, 4.69) is 0 Å². The summed E-state index contributed by atoms with van der Waals surface area (Å²) in [4.78, 5) is 57.8. The molecule has 17 heteroatoms.